The molecule has 0 aliphatic carbocycles. The van der Waals surface area contributed by atoms with Gasteiger partial charge < -0.3 is 5.32 Å². The van der Waals surface area contributed by atoms with Gasteiger partial charge in [0.2, 0.25) is 0 Å². The lowest BCUT2D eigenvalue weighted by Gasteiger charge is -2.15. The summed E-state index contributed by atoms with van der Waals surface area (Å²) in [6.07, 6.45) is 0. The van der Waals surface area contributed by atoms with Crippen LogP contribution in [0.2, 0.25) is 0 Å². The van der Waals surface area contributed by atoms with Crippen LogP contribution in [0.3, 0.4) is 0 Å². The van der Waals surface area contributed by atoms with Crippen molar-refractivity contribution in [1.29, 1.82) is 0 Å². The molecule has 1 aromatic rings. The van der Waals surface area contributed by atoms with Crippen molar-refractivity contribution in [3.63, 3.8) is 0 Å². The fraction of sp³-hybridized carbons (Fsp3) is 0.455. The van der Waals surface area contributed by atoms with Crippen LogP contribution >= 0.6 is 0 Å². The molecule has 0 unspecified atom stereocenters. The molecule has 0 bridgehead atoms. The van der Waals surface area contributed by atoms with Gasteiger partial charge in [0.15, 0.2) is 0 Å². The molecule has 0 spiro atoms. The van der Waals surface area contributed by atoms with E-state index in [0.717, 1.165) is 6.07 Å². The van der Waals surface area contributed by atoms with Gasteiger partial charge in [-0.3, -0.25) is 0 Å². The first kappa shape index (κ1) is 15.0. The number of hydrogen-bond donors (Lipinski definition) is 2. The predicted octanol–water partition coefficient (Wildman–Crippen LogP) is 0.690. The first-order valence-corrected chi connectivity index (χ1v) is 7.04. The molecule has 7 heteroatoms. The number of sulfonamides is 1. The van der Waals surface area contributed by atoms with Crippen molar-refractivity contribution < 1.29 is 12.8 Å². The van der Waals surface area contributed by atoms with Crippen molar-refractivity contribution in [2.45, 2.75) is 18.4 Å². The van der Waals surface area contributed by atoms with Gasteiger partial charge in [-0.25, -0.2) is 17.8 Å². The molecular weight excluding hydrogens is 257 g/mol. The Bertz CT molecular complexity index is 503. The van der Waals surface area contributed by atoms with Gasteiger partial charge in [-0.2, -0.15) is 0 Å². The van der Waals surface area contributed by atoms with E-state index in [1.807, 2.05) is 6.92 Å². The van der Waals surface area contributed by atoms with Crippen molar-refractivity contribution in [2.24, 2.45) is 0 Å². The van der Waals surface area contributed by atoms with Gasteiger partial charge in [0.05, 0.1) is 4.90 Å². The smallest absolute Gasteiger partial charge is 0.253 e. The summed E-state index contributed by atoms with van der Waals surface area (Å²) in [6, 6.07) is 3.75. The number of nitrogens with one attached hydrogen (secondary N) is 2. The minimum absolute atomic E-state index is 0.0443. The Hall–Kier alpha value is -1.02. The summed E-state index contributed by atoms with van der Waals surface area (Å²) in [5, 5.41) is 4.32. The van der Waals surface area contributed by atoms with Crippen molar-refractivity contribution >= 4 is 10.0 Å². The molecule has 0 saturated carbocycles. The van der Waals surface area contributed by atoms with E-state index >= 15 is 0 Å². The SMILES string of the molecule is CCNCc1ccc(F)cc1S(=O)(=O)NN(C)C. The Morgan fingerprint density at radius 2 is 2.00 bits per heavy atom. The molecule has 102 valence electrons. The third-order valence-corrected chi connectivity index (χ3v) is 3.75. The molecule has 0 amide bonds. The largest absolute Gasteiger partial charge is 0.313 e. The molecule has 2 N–H and O–H groups in total. The summed E-state index contributed by atoms with van der Waals surface area (Å²) in [4.78, 5) is 2.25. The van der Waals surface area contributed by atoms with Crippen LogP contribution in [0.5, 0.6) is 0 Å². The average Bonchev–Trinajstić information content (AvgIpc) is 2.25. The molecule has 0 saturated heterocycles. The summed E-state index contributed by atoms with van der Waals surface area (Å²) in [7, 11) is -0.634. The van der Waals surface area contributed by atoms with Crippen molar-refractivity contribution in [3.05, 3.63) is 29.6 Å². The van der Waals surface area contributed by atoms with E-state index in [9.17, 15) is 12.8 Å². The fourth-order valence-electron chi connectivity index (χ4n) is 1.47. The zero-order valence-corrected chi connectivity index (χ0v) is 11.5. The van der Waals surface area contributed by atoms with E-state index < -0.39 is 15.8 Å². The second kappa shape index (κ2) is 6.24. The quantitative estimate of drug-likeness (QED) is 0.750. The minimum atomic E-state index is -3.75. The van der Waals surface area contributed by atoms with Gasteiger partial charge in [0.25, 0.3) is 10.0 Å². The summed E-state index contributed by atoms with van der Waals surface area (Å²) in [6.45, 7) is 2.99. The maximum Gasteiger partial charge on any atom is 0.253 e. The number of halogens is 1. The van der Waals surface area contributed by atoms with E-state index in [1.54, 1.807) is 14.1 Å². The van der Waals surface area contributed by atoms with Crippen molar-refractivity contribution in [3.8, 4) is 0 Å². The van der Waals surface area contributed by atoms with Gasteiger partial charge >= 0.3 is 0 Å². The molecular formula is C11H18FN3O2S. The molecule has 1 aromatic carbocycles. The molecule has 5 nitrogen and oxygen atoms in total. The first-order chi connectivity index (χ1) is 8.36. The van der Waals surface area contributed by atoms with Gasteiger partial charge in [-0.15, -0.1) is 4.83 Å². The molecule has 0 aromatic heterocycles. The van der Waals surface area contributed by atoms with Crippen LogP contribution in [0.15, 0.2) is 23.1 Å². The highest BCUT2D eigenvalue weighted by Crippen LogP contribution is 2.17. The molecule has 0 fully saturated rings. The normalized spacial score (nSPS) is 12.1. The van der Waals surface area contributed by atoms with E-state index in [-0.39, 0.29) is 4.90 Å². The number of benzene rings is 1. The Labute approximate surface area is 107 Å². The van der Waals surface area contributed by atoms with Crippen LogP contribution in [0.25, 0.3) is 0 Å². The lowest BCUT2D eigenvalue weighted by atomic mass is 10.2. The molecule has 0 heterocycles. The molecule has 0 atom stereocenters. The topological polar surface area (TPSA) is 61.4 Å². The van der Waals surface area contributed by atoms with Gasteiger partial charge in [0.1, 0.15) is 5.82 Å². The molecule has 1 rings (SSSR count). The first-order valence-electron chi connectivity index (χ1n) is 5.55. The molecule has 18 heavy (non-hydrogen) atoms. The minimum Gasteiger partial charge on any atom is -0.313 e. The summed E-state index contributed by atoms with van der Waals surface area (Å²) in [5.74, 6) is -0.575. The summed E-state index contributed by atoms with van der Waals surface area (Å²) in [5.41, 5.74) is 0.535. The number of rotatable bonds is 6. The van der Waals surface area contributed by atoms with Crippen LogP contribution in [-0.4, -0.2) is 34.1 Å². The zero-order chi connectivity index (χ0) is 13.8. The average molecular weight is 275 g/mol. The van der Waals surface area contributed by atoms with E-state index in [4.69, 9.17) is 0 Å². The standard InChI is InChI=1S/C11H18FN3O2S/c1-4-13-8-9-5-6-10(12)7-11(9)18(16,17)14-15(2)3/h5-7,13-14H,4,8H2,1-3H3. The van der Waals surface area contributed by atoms with E-state index in [1.165, 1.54) is 17.1 Å². The van der Waals surface area contributed by atoms with Crippen LogP contribution in [0.4, 0.5) is 4.39 Å². The maximum atomic E-state index is 13.2. The second-order valence-electron chi connectivity index (χ2n) is 4.02. The van der Waals surface area contributed by atoms with E-state index in [0.29, 0.717) is 18.7 Å². The Balaban J connectivity index is 3.16. The van der Waals surface area contributed by atoms with Gasteiger partial charge in [-0.1, -0.05) is 13.0 Å². The highest BCUT2D eigenvalue weighted by atomic mass is 32.2. The second-order valence-corrected chi connectivity index (χ2v) is 5.65. The van der Waals surface area contributed by atoms with Gasteiger partial charge in [-0.05, 0) is 24.2 Å². The monoisotopic (exact) mass is 275 g/mol. The maximum absolute atomic E-state index is 13.2. The Morgan fingerprint density at radius 3 is 2.56 bits per heavy atom. The summed E-state index contributed by atoms with van der Waals surface area (Å²) >= 11 is 0. The highest BCUT2D eigenvalue weighted by molar-refractivity contribution is 7.89. The predicted molar refractivity (Wildman–Crippen MR) is 67.8 cm³/mol. The third kappa shape index (κ3) is 4.02. The van der Waals surface area contributed by atoms with Crippen LogP contribution in [0.1, 0.15) is 12.5 Å². The zero-order valence-electron chi connectivity index (χ0n) is 10.7. The lowest BCUT2D eigenvalue weighted by molar-refractivity contribution is 0.363. The summed E-state index contributed by atoms with van der Waals surface area (Å²) < 4.78 is 37.3. The molecule has 0 aliphatic heterocycles. The van der Waals surface area contributed by atoms with Crippen LogP contribution in [0, 0.1) is 5.82 Å². The molecule has 0 radical (unpaired) electrons. The Morgan fingerprint density at radius 1 is 1.33 bits per heavy atom. The fourth-order valence-corrected chi connectivity index (χ4v) is 2.81. The molecule has 0 aliphatic rings. The third-order valence-electron chi connectivity index (χ3n) is 2.19. The number of hydrogen-bond acceptors (Lipinski definition) is 4. The number of nitrogens with zero attached hydrogens (tertiary/aromatic N) is 1. The lowest BCUT2D eigenvalue weighted by Crippen LogP contribution is -2.36. The van der Waals surface area contributed by atoms with Crippen molar-refractivity contribution in [1.82, 2.24) is 15.2 Å². The van der Waals surface area contributed by atoms with E-state index in [2.05, 4.69) is 10.1 Å². The highest BCUT2D eigenvalue weighted by Gasteiger charge is 2.19. The Kier molecular flexibility index (Phi) is 5.21. The van der Waals surface area contributed by atoms with Crippen LogP contribution < -0.4 is 10.1 Å². The van der Waals surface area contributed by atoms with Crippen LogP contribution in [-0.2, 0) is 16.6 Å². The van der Waals surface area contributed by atoms with Gasteiger partial charge in [0, 0.05) is 20.6 Å². The number of hydrazine groups is 1. The van der Waals surface area contributed by atoms with Crippen molar-refractivity contribution in [2.75, 3.05) is 20.6 Å².